The molecule has 0 unspecified atom stereocenters. The summed E-state index contributed by atoms with van der Waals surface area (Å²) < 4.78 is 16.0. The first-order valence-corrected chi connectivity index (χ1v) is 7.43. The molecule has 0 heterocycles. The van der Waals surface area contributed by atoms with Crippen molar-refractivity contribution in [2.75, 3.05) is 33.7 Å². The Labute approximate surface area is 141 Å². The van der Waals surface area contributed by atoms with E-state index in [4.69, 9.17) is 14.2 Å². The molecule has 0 saturated carbocycles. The molecule has 24 heavy (non-hydrogen) atoms. The van der Waals surface area contributed by atoms with Crippen molar-refractivity contribution in [2.45, 2.75) is 0 Å². The molecule has 5 nitrogen and oxygen atoms in total. The first-order valence-electron chi connectivity index (χ1n) is 7.43. The van der Waals surface area contributed by atoms with Gasteiger partial charge in [0.15, 0.2) is 17.3 Å². The Morgan fingerprint density at radius 1 is 0.917 bits per heavy atom. The minimum atomic E-state index is -0.0884. The largest absolute Gasteiger partial charge is 0.493 e. The summed E-state index contributed by atoms with van der Waals surface area (Å²) in [6, 6.07) is 10.9. The fourth-order valence-electron chi connectivity index (χ4n) is 2.32. The second-order valence-corrected chi connectivity index (χ2v) is 4.95. The zero-order valence-corrected chi connectivity index (χ0v) is 14.3. The molecule has 0 bridgehead atoms. The average Bonchev–Trinajstić information content (AvgIpc) is 2.64. The summed E-state index contributed by atoms with van der Waals surface area (Å²) in [6.45, 7) is 0. The Kier molecular flexibility index (Phi) is 5.84. The van der Waals surface area contributed by atoms with Crippen LogP contribution in [-0.2, 0) is 0 Å². The summed E-state index contributed by atoms with van der Waals surface area (Å²) in [5.74, 6) is 1.49. The molecule has 2 rings (SSSR count). The lowest BCUT2D eigenvalue weighted by Gasteiger charge is -2.13. The number of ether oxygens (including phenoxy) is 3. The molecule has 2 aromatic rings. The van der Waals surface area contributed by atoms with Crippen molar-refractivity contribution >= 4 is 17.5 Å². The van der Waals surface area contributed by atoms with Crippen LogP contribution >= 0.6 is 0 Å². The van der Waals surface area contributed by atoms with Crippen LogP contribution < -0.4 is 19.5 Å². The lowest BCUT2D eigenvalue weighted by atomic mass is 10.1. The van der Waals surface area contributed by atoms with Crippen LogP contribution in [0.2, 0.25) is 0 Å². The van der Waals surface area contributed by atoms with E-state index in [0.717, 1.165) is 11.3 Å². The molecule has 0 aromatic heterocycles. The molecule has 0 aliphatic heterocycles. The van der Waals surface area contributed by atoms with Crippen LogP contribution in [0, 0.1) is 0 Å². The highest BCUT2D eigenvalue weighted by atomic mass is 16.5. The standard InChI is InChI=1S/C19H21NO4/c1-20-15-9-5-13(6-10-15)16(21)11-7-14-8-12-17(22-2)19(24-4)18(14)23-3/h5-12,20H,1-4H3. The van der Waals surface area contributed by atoms with E-state index in [9.17, 15) is 4.79 Å². The van der Waals surface area contributed by atoms with Crippen LogP contribution in [0.3, 0.4) is 0 Å². The average molecular weight is 327 g/mol. The topological polar surface area (TPSA) is 56.8 Å². The van der Waals surface area contributed by atoms with E-state index in [2.05, 4.69) is 5.32 Å². The third-order valence-corrected chi connectivity index (χ3v) is 3.61. The number of allylic oxidation sites excluding steroid dienone is 1. The molecule has 0 amide bonds. The van der Waals surface area contributed by atoms with Gasteiger partial charge in [-0.1, -0.05) is 0 Å². The van der Waals surface area contributed by atoms with Gasteiger partial charge in [0.2, 0.25) is 5.75 Å². The van der Waals surface area contributed by atoms with Crippen molar-refractivity contribution in [3.05, 3.63) is 53.6 Å². The minimum Gasteiger partial charge on any atom is -0.493 e. The van der Waals surface area contributed by atoms with Gasteiger partial charge < -0.3 is 19.5 Å². The zero-order valence-electron chi connectivity index (χ0n) is 14.3. The molecule has 0 spiro atoms. The van der Waals surface area contributed by atoms with Crippen molar-refractivity contribution < 1.29 is 19.0 Å². The van der Waals surface area contributed by atoms with Crippen LogP contribution in [0.15, 0.2) is 42.5 Å². The fourth-order valence-corrected chi connectivity index (χ4v) is 2.32. The van der Waals surface area contributed by atoms with Gasteiger partial charge in [0.05, 0.1) is 21.3 Å². The number of carbonyl (C=O) groups excluding carboxylic acids is 1. The van der Waals surface area contributed by atoms with E-state index in [0.29, 0.717) is 22.8 Å². The third-order valence-electron chi connectivity index (χ3n) is 3.61. The molecule has 1 N–H and O–H groups in total. The summed E-state index contributed by atoms with van der Waals surface area (Å²) in [5.41, 5.74) is 2.30. The molecule has 0 aliphatic rings. The van der Waals surface area contributed by atoms with Crippen molar-refractivity contribution in [1.82, 2.24) is 0 Å². The number of carbonyl (C=O) groups is 1. The SMILES string of the molecule is CNc1ccc(C(=O)C=Cc2ccc(OC)c(OC)c2OC)cc1. The van der Waals surface area contributed by atoms with E-state index in [1.165, 1.54) is 6.08 Å². The summed E-state index contributed by atoms with van der Waals surface area (Å²) in [4.78, 5) is 12.3. The van der Waals surface area contributed by atoms with Gasteiger partial charge in [-0.3, -0.25) is 4.79 Å². The maximum Gasteiger partial charge on any atom is 0.203 e. The molecule has 0 atom stereocenters. The molecular weight excluding hydrogens is 306 g/mol. The number of methoxy groups -OCH3 is 3. The Morgan fingerprint density at radius 2 is 1.58 bits per heavy atom. The number of benzene rings is 2. The van der Waals surface area contributed by atoms with Crippen LogP contribution in [0.4, 0.5) is 5.69 Å². The monoisotopic (exact) mass is 327 g/mol. The molecular formula is C19H21NO4. The van der Waals surface area contributed by atoms with Gasteiger partial charge >= 0.3 is 0 Å². The Hall–Kier alpha value is -2.95. The Bertz CT molecular complexity index is 736. The van der Waals surface area contributed by atoms with Crippen LogP contribution in [0.1, 0.15) is 15.9 Å². The number of anilines is 1. The number of nitrogens with one attached hydrogen (secondary N) is 1. The predicted octanol–water partition coefficient (Wildman–Crippen LogP) is 3.65. The second kappa shape index (κ2) is 8.06. The molecule has 5 heteroatoms. The molecule has 0 aliphatic carbocycles. The zero-order chi connectivity index (χ0) is 17.5. The smallest absolute Gasteiger partial charge is 0.203 e. The van der Waals surface area contributed by atoms with Gasteiger partial charge in [0.1, 0.15) is 0 Å². The summed E-state index contributed by atoms with van der Waals surface area (Å²) in [7, 11) is 6.49. The highest BCUT2D eigenvalue weighted by molar-refractivity contribution is 6.07. The van der Waals surface area contributed by atoms with Gasteiger partial charge in [0, 0.05) is 23.9 Å². The number of hydrogen-bond acceptors (Lipinski definition) is 5. The van der Waals surface area contributed by atoms with Gasteiger partial charge in [-0.05, 0) is 48.6 Å². The van der Waals surface area contributed by atoms with Gasteiger partial charge in [0.25, 0.3) is 0 Å². The number of hydrogen-bond donors (Lipinski definition) is 1. The molecule has 0 radical (unpaired) electrons. The van der Waals surface area contributed by atoms with Gasteiger partial charge in [-0.25, -0.2) is 0 Å². The van der Waals surface area contributed by atoms with Crippen LogP contribution in [0.5, 0.6) is 17.2 Å². The summed E-state index contributed by atoms with van der Waals surface area (Å²) in [5, 5.41) is 3.02. The van der Waals surface area contributed by atoms with Crippen LogP contribution in [-0.4, -0.2) is 34.2 Å². The first kappa shape index (κ1) is 17.4. The van der Waals surface area contributed by atoms with Crippen LogP contribution in [0.25, 0.3) is 6.08 Å². The highest BCUT2D eigenvalue weighted by Gasteiger charge is 2.14. The Morgan fingerprint density at radius 3 is 2.12 bits per heavy atom. The molecule has 0 saturated heterocycles. The van der Waals surface area contributed by atoms with E-state index in [1.54, 1.807) is 45.6 Å². The number of rotatable bonds is 7. The van der Waals surface area contributed by atoms with E-state index in [-0.39, 0.29) is 5.78 Å². The summed E-state index contributed by atoms with van der Waals surface area (Å²) >= 11 is 0. The third kappa shape index (κ3) is 3.68. The Balaban J connectivity index is 2.28. The molecule has 2 aromatic carbocycles. The van der Waals surface area contributed by atoms with Gasteiger partial charge in [-0.15, -0.1) is 0 Å². The van der Waals surface area contributed by atoms with Gasteiger partial charge in [-0.2, -0.15) is 0 Å². The predicted molar refractivity (Wildman–Crippen MR) is 95.5 cm³/mol. The maximum atomic E-state index is 12.3. The quantitative estimate of drug-likeness (QED) is 0.621. The van der Waals surface area contributed by atoms with E-state index >= 15 is 0 Å². The second-order valence-electron chi connectivity index (χ2n) is 4.95. The normalized spacial score (nSPS) is 10.5. The highest BCUT2D eigenvalue weighted by Crippen LogP contribution is 2.40. The first-order chi connectivity index (χ1) is 11.6. The van der Waals surface area contributed by atoms with E-state index in [1.807, 2.05) is 25.2 Å². The lowest BCUT2D eigenvalue weighted by Crippen LogP contribution is -1.98. The minimum absolute atomic E-state index is 0.0884. The lowest BCUT2D eigenvalue weighted by molar-refractivity contribution is 0.104. The maximum absolute atomic E-state index is 12.3. The van der Waals surface area contributed by atoms with Crippen molar-refractivity contribution in [1.29, 1.82) is 0 Å². The van der Waals surface area contributed by atoms with E-state index < -0.39 is 0 Å². The fraction of sp³-hybridized carbons (Fsp3) is 0.211. The molecule has 126 valence electrons. The summed E-state index contributed by atoms with van der Waals surface area (Å²) in [6.07, 6.45) is 3.22. The number of ketones is 1. The van der Waals surface area contributed by atoms with Crippen molar-refractivity contribution in [3.8, 4) is 17.2 Å². The van der Waals surface area contributed by atoms with Crippen molar-refractivity contribution in [2.24, 2.45) is 0 Å². The van der Waals surface area contributed by atoms with Crippen molar-refractivity contribution in [3.63, 3.8) is 0 Å². The molecule has 0 fully saturated rings.